The summed E-state index contributed by atoms with van der Waals surface area (Å²) in [5, 5.41) is 1.72. The average Bonchev–Trinajstić information content (AvgIpc) is 2.96. The van der Waals surface area contributed by atoms with Crippen molar-refractivity contribution < 1.29 is 4.79 Å². The number of benzene rings is 1. The number of nitrogens with zero attached hydrogens (tertiary/aromatic N) is 1. The summed E-state index contributed by atoms with van der Waals surface area (Å²) in [4.78, 5) is 17.0. The van der Waals surface area contributed by atoms with Gasteiger partial charge in [0.1, 0.15) is 5.01 Å². The Balaban J connectivity index is 1.93. The summed E-state index contributed by atoms with van der Waals surface area (Å²) in [6, 6.07) is 7.80. The van der Waals surface area contributed by atoms with E-state index >= 15 is 0 Å². The minimum Gasteiger partial charge on any atom is -0.291 e. The maximum absolute atomic E-state index is 11.5. The molecule has 0 fully saturated rings. The summed E-state index contributed by atoms with van der Waals surface area (Å²) in [5.74, 6) is 0.00203. The molecule has 0 saturated carbocycles. The Morgan fingerprint density at radius 1 is 1.41 bits per heavy atom. The fraction of sp³-hybridized carbons (Fsp3) is 0.375. The van der Waals surface area contributed by atoms with Crippen molar-refractivity contribution in [3.8, 4) is 0 Å². The van der Waals surface area contributed by atoms with Gasteiger partial charge < -0.3 is 0 Å². The van der Waals surface area contributed by atoms with Crippen molar-refractivity contribution >= 4 is 28.8 Å². The van der Waals surface area contributed by atoms with Crippen molar-refractivity contribution in [3.05, 3.63) is 50.9 Å². The number of rotatable bonds is 7. The number of thiazole rings is 1. The van der Waals surface area contributed by atoms with E-state index < -0.39 is 0 Å². The number of hydrazine groups is 1. The highest BCUT2D eigenvalue weighted by molar-refractivity contribution is 7.11. The number of hydrogen-bond acceptors (Lipinski definition) is 4. The van der Waals surface area contributed by atoms with E-state index in [9.17, 15) is 4.79 Å². The summed E-state index contributed by atoms with van der Waals surface area (Å²) in [6.45, 7) is 3.95. The molecule has 1 aromatic heterocycles. The van der Waals surface area contributed by atoms with E-state index in [1.54, 1.807) is 11.3 Å². The molecule has 2 aromatic rings. The second-order valence-electron chi connectivity index (χ2n) is 5.10. The molecule has 1 amide bonds. The zero-order valence-electron chi connectivity index (χ0n) is 12.7. The number of carbonyl (C=O) groups is 1. The van der Waals surface area contributed by atoms with Gasteiger partial charge in [-0.2, -0.15) is 0 Å². The van der Waals surface area contributed by atoms with Gasteiger partial charge in [0.15, 0.2) is 0 Å². The maximum atomic E-state index is 11.5. The average molecular weight is 338 g/mol. The third-order valence-corrected chi connectivity index (χ3v) is 4.72. The molecule has 2 rings (SSSR count). The Hall–Kier alpha value is -1.43. The fourth-order valence-corrected chi connectivity index (χ4v) is 3.12. The van der Waals surface area contributed by atoms with Gasteiger partial charge in [0.2, 0.25) is 5.91 Å². The third-order valence-electron chi connectivity index (χ3n) is 3.17. The summed E-state index contributed by atoms with van der Waals surface area (Å²) in [5.41, 5.74) is 6.79. The van der Waals surface area contributed by atoms with Gasteiger partial charge in [-0.05, 0) is 25.0 Å². The molecule has 6 heteroatoms. The summed E-state index contributed by atoms with van der Waals surface area (Å²) in [6.07, 6.45) is 4.00. The van der Waals surface area contributed by atoms with E-state index in [-0.39, 0.29) is 11.9 Å². The molecular formula is C16H20ClN3OS. The number of carbonyl (C=O) groups excluding carboxylic acids is 1. The predicted molar refractivity (Wildman–Crippen MR) is 91.0 cm³/mol. The van der Waals surface area contributed by atoms with Crippen LogP contribution in [0.1, 0.15) is 48.2 Å². The van der Waals surface area contributed by atoms with E-state index in [1.165, 1.54) is 0 Å². The molecule has 0 aliphatic carbocycles. The van der Waals surface area contributed by atoms with Crippen LogP contribution in [0, 0.1) is 0 Å². The number of aromatic nitrogens is 1. The second-order valence-corrected chi connectivity index (χ2v) is 6.65. The zero-order chi connectivity index (χ0) is 15.9. The van der Waals surface area contributed by atoms with E-state index in [2.05, 4.69) is 15.8 Å². The first-order valence-electron chi connectivity index (χ1n) is 7.32. The molecular weight excluding hydrogens is 318 g/mol. The SMILES string of the molecule is CCCC(=O)NNC(C)c1ncc(Cc2ccccc2Cl)s1. The monoisotopic (exact) mass is 337 g/mol. The molecule has 1 atom stereocenters. The molecule has 2 N–H and O–H groups in total. The van der Waals surface area contributed by atoms with Crippen LogP contribution in [-0.2, 0) is 11.2 Å². The van der Waals surface area contributed by atoms with Crippen LogP contribution in [0.15, 0.2) is 30.5 Å². The minimum absolute atomic E-state index is 0.00203. The maximum Gasteiger partial charge on any atom is 0.234 e. The van der Waals surface area contributed by atoms with Gasteiger partial charge in [0, 0.05) is 28.9 Å². The van der Waals surface area contributed by atoms with Crippen molar-refractivity contribution in [2.75, 3.05) is 0 Å². The minimum atomic E-state index is -0.0224. The highest BCUT2D eigenvalue weighted by Gasteiger charge is 2.12. The van der Waals surface area contributed by atoms with Crippen LogP contribution in [0.5, 0.6) is 0 Å². The van der Waals surface area contributed by atoms with Crippen LogP contribution in [0.4, 0.5) is 0 Å². The molecule has 118 valence electrons. The lowest BCUT2D eigenvalue weighted by atomic mass is 10.1. The molecule has 1 unspecified atom stereocenters. The summed E-state index contributed by atoms with van der Waals surface area (Å²) < 4.78 is 0. The molecule has 0 spiro atoms. The summed E-state index contributed by atoms with van der Waals surface area (Å²) >= 11 is 7.81. The first-order chi connectivity index (χ1) is 10.6. The van der Waals surface area contributed by atoms with E-state index in [4.69, 9.17) is 11.6 Å². The molecule has 0 aliphatic heterocycles. The second kappa shape index (κ2) is 8.27. The molecule has 1 heterocycles. The van der Waals surface area contributed by atoms with Crippen LogP contribution in [0.2, 0.25) is 5.02 Å². The molecule has 1 aromatic carbocycles. The van der Waals surface area contributed by atoms with Gasteiger partial charge in [-0.1, -0.05) is 36.7 Å². The fourth-order valence-electron chi connectivity index (χ4n) is 1.97. The van der Waals surface area contributed by atoms with Crippen molar-refractivity contribution in [2.24, 2.45) is 0 Å². The Morgan fingerprint density at radius 2 is 2.18 bits per heavy atom. The van der Waals surface area contributed by atoms with Crippen molar-refractivity contribution in [1.82, 2.24) is 15.8 Å². The van der Waals surface area contributed by atoms with E-state index in [0.29, 0.717) is 6.42 Å². The largest absolute Gasteiger partial charge is 0.291 e. The van der Waals surface area contributed by atoms with Crippen LogP contribution in [-0.4, -0.2) is 10.9 Å². The molecule has 0 radical (unpaired) electrons. The third kappa shape index (κ3) is 4.80. The van der Waals surface area contributed by atoms with Crippen LogP contribution >= 0.6 is 22.9 Å². The number of hydrogen-bond donors (Lipinski definition) is 2. The Labute approximate surface area is 139 Å². The highest BCUT2D eigenvalue weighted by atomic mass is 35.5. The normalized spacial score (nSPS) is 12.1. The van der Waals surface area contributed by atoms with Crippen molar-refractivity contribution in [2.45, 2.75) is 39.2 Å². The number of amides is 1. The zero-order valence-corrected chi connectivity index (χ0v) is 14.3. The quantitative estimate of drug-likeness (QED) is 0.754. The van der Waals surface area contributed by atoms with Gasteiger partial charge in [0.05, 0.1) is 6.04 Å². The van der Waals surface area contributed by atoms with Crippen molar-refractivity contribution in [3.63, 3.8) is 0 Å². The van der Waals surface area contributed by atoms with Gasteiger partial charge in [-0.15, -0.1) is 11.3 Å². The van der Waals surface area contributed by atoms with Crippen LogP contribution in [0.3, 0.4) is 0 Å². The highest BCUT2D eigenvalue weighted by Crippen LogP contribution is 2.24. The van der Waals surface area contributed by atoms with Crippen molar-refractivity contribution in [1.29, 1.82) is 0 Å². The summed E-state index contributed by atoms with van der Waals surface area (Å²) in [7, 11) is 0. The lowest BCUT2D eigenvalue weighted by Gasteiger charge is -2.11. The number of nitrogens with one attached hydrogen (secondary N) is 2. The van der Waals surface area contributed by atoms with Gasteiger partial charge in [0.25, 0.3) is 0 Å². The van der Waals surface area contributed by atoms with Gasteiger partial charge in [-0.3, -0.25) is 10.2 Å². The van der Waals surface area contributed by atoms with Gasteiger partial charge >= 0.3 is 0 Å². The first kappa shape index (κ1) is 16.9. The molecule has 0 saturated heterocycles. The first-order valence-corrected chi connectivity index (χ1v) is 8.52. The van der Waals surface area contributed by atoms with E-state index in [0.717, 1.165) is 33.3 Å². The lowest BCUT2D eigenvalue weighted by molar-refractivity contribution is -0.122. The Morgan fingerprint density at radius 3 is 2.91 bits per heavy atom. The predicted octanol–water partition coefficient (Wildman–Crippen LogP) is 3.87. The number of halogens is 1. The van der Waals surface area contributed by atoms with Crippen LogP contribution < -0.4 is 10.9 Å². The molecule has 0 aliphatic rings. The van der Waals surface area contributed by atoms with Gasteiger partial charge in [-0.25, -0.2) is 10.4 Å². The standard InChI is InChI=1S/C16H20ClN3OS/c1-3-6-15(21)20-19-11(2)16-18-10-13(22-16)9-12-7-4-5-8-14(12)17/h4-5,7-8,10-11,19H,3,6,9H2,1-2H3,(H,20,21). The Kier molecular flexibility index (Phi) is 6.36. The lowest BCUT2D eigenvalue weighted by Crippen LogP contribution is -2.38. The molecule has 22 heavy (non-hydrogen) atoms. The molecule has 0 bridgehead atoms. The molecule has 4 nitrogen and oxygen atoms in total. The van der Waals surface area contributed by atoms with Crippen LogP contribution in [0.25, 0.3) is 0 Å². The Bertz CT molecular complexity index is 629. The topological polar surface area (TPSA) is 54.0 Å². The smallest absolute Gasteiger partial charge is 0.234 e. The van der Waals surface area contributed by atoms with E-state index in [1.807, 2.05) is 44.3 Å².